The third-order valence-electron chi connectivity index (χ3n) is 2.75. The highest BCUT2D eigenvalue weighted by Gasteiger charge is 2.36. The summed E-state index contributed by atoms with van der Waals surface area (Å²) in [5, 5.41) is 3.87. The van der Waals surface area contributed by atoms with Gasteiger partial charge in [-0.05, 0) is 19.8 Å². The van der Waals surface area contributed by atoms with Crippen molar-refractivity contribution in [3.05, 3.63) is 17.5 Å². The normalized spacial score (nSPS) is 26.5. The van der Waals surface area contributed by atoms with Crippen LogP contribution in [0.25, 0.3) is 0 Å². The van der Waals surface area contributed by atoms with Crippen LogP contribution in [0.2, 0.25) is 0 Å². The molecule has 2 rings (SSSR count). The third kappa shape index (κ3) is 1.86. The van der Waals surface area contributed by atoms with Gasteiger partial charge in [0.15, 0.2) is 0 Å². The molecule has 2 N–H and O–H groups in total. The number of aromatic nitrogens is 2. The Morgan fingerprint density at radius 2 is 2.07 bits per heavy atom. The predicted octanol–water partition coefficient (Wildman–Crippen LogP) is 1.87. The number of alkyl halides is 3. The van der Waals surface area contributed by atoms with Gasteiger partial charge in [0.2, 0.25) is 0 Å². The Labute approximate surface area is 85.1 Å². The van der Waals surface area contributed by atoms with Gasteiger partial charge in [0.25, 0.3) is 0 Å². The van der Waals surface area contributed by atoms with Crippen LogP contribution in [0.1, 0.15) is 30.1 Å². The topological polar surface area (TPSA) is 43.8 Å². The number of rotatable bonds is 1. The second-order valence-corrected chi connectivity index (χ2v) is 3.99. The molecule has 0 aliphatic heterocycles. The molecule has 1 aliphatic rings. The van der Waals surface area contributed by atoms with E-state index in [1.807, 2.05) is 0 Å². The Morgan fingerprint density at radius 1 is 1.47 bits per heavy atom. The third-order valence-corrected chi connectivity index (χ3v) is 2.75. The van der Waals surface area contributed by atoms with Gasteiger partial charge in [0.05, 0.1) is 17.3 Å². The molecule has 0 saturated heterocycles. The number of hydrogen-bond donors (Lipinski definition) is 1. The van der Waals surface area contributed by atoms with Crippen LogP contribution < -0.4 is 5.73 Å². The molecule has 0 aromatic carbocycles. The number of nitrogens with two attached hydrogens (primary N) is 1. The van der Waals surface area contributed by atoms with Crippen molar-refractivity contribution < 1.29 is 13.2 Å². The first kappa shape index (κ1) is 10.5. The lowest BCUT2D eigenvalue weighted by molar-refractivity contribution is -0.138. The van der Waals surface area contributed by atoms with Gasteiger partial charge in [-0.25, -0.2) is 0 Å². The molecule has 15 heavy (non-hydrogen) atoms. The summed E-state index contributed by atoms with van der Waals surface area (Å²) in [6.07, 6.45) is -1.82. The monoisotopic (exact) mass is 219 g/mol. The highest BCUT2D eigenvalue weighted by Crippen LogP contribution is 2.35. The lowest BCUT2D eigenvalue weighted by Gasteiger charge is -2.32. The molecule has 0 atom stereocenters. The molecule has 0 radical (unpaired) electrons. The summed E-state index contributed by atoms with van der Waals surface area (Å²) in [4.78, 5) is 0. The zero-order chi connectivity index (χ0) is 11.2. The molecule has 84 valence electrons. The van der Waals surface area contributed by atoms with E-state index in [0.717, 1.165) is 6.20 Å². The minimum atomic E-state index is -4.31. The number of hydrogen-bond acceptors (Lipinski definition) is 2. The molecule has 1 fully saturated rings. The molecule has 0 unspecified atom stereocenters. The fourth-order valence-electron chi connectivity index (χ4n) is 1.79. The van der Waals surface area contributed by atoms with Gasteiger partial charge < -0.3 is 5.73 Å². The lowest BCUT2D eigenvalue weighted by atomic mass is 9.88. The van der Waals surface area contributed by atoms with Crippen LogP contribution in [0.15, 0.2) is 6.20 Å². The van der Waals surface area contributed by atoms with Crippen LogP contribution in [-0.2, 0) is 6.18 Å². The summed E-state index contributed by atoms with van der Waals surface area (Å²) in [5.41, 5.74) is 4.95. The molecule has 1 aromatic rings. The summed E-state index contributed by atoms with van der Waals surface area (Å²) in [6.45, 7) is 1.37. The summed E-state index contributed by atoms with van der Waals surface area (Å²) in [5.74, 6) is 0. The van der Waals surface area contributed by atoms with Crippen molar-refractivity contribution in [1.29, 1.82) is 0 Å². The van der Waals surface area contributed by atoms with Crippen molar-refractivity contribution in [3.63, 3.8) is 0 Å². The SMILES string of the molecule is Cc1nn(C2CC(N)C2)cc1C(F)(F)F. The standard InChI is InChI=1S/C9H12F3N3/c1-5-8(9(10,11)12)4-15(14-5)7-2-6(13)3-7/h4,6-7H,2-3,13H2,1H3. The molecular formula is C9H12F3N3. The molecule has 6 heteroatoms. The van der Waals surface area contributed by atoms with E-state index in [1.165, 1.54) is 11.6 Å². The molecule has 3 nitrogen and oxygen atoms in total. The maximum atomic E-state index is 12.4. The zero-order valence-electron chi connectivity index (χ0n) is 8.25. The quantitative estimate of drug-likeness (QED) is 0.783. The van der Waals surface area contributed by atoms with Crippen LogP contribution in [0.3, 0.4) is 0 Å². The smallest absolute Gasteiger partial charge is 0.328 e. The van der Waals surface area contributed by atoms with E-state index < -0.39 is 11.7 Å². The molecule has 0 amide bonds. The van der Waals surface area contributed by atoms with Gasteiger partial charge in [0.1, 0.15) is 0 Å². The second-order valence-electron chi connectivity index (χ2n) is 3.99. The van der Waals surface area contributed by atoms with Crippen LogP contribution in [0, 0.1) is 6.92 Å². The Balaban J connectivity index is 2.22. The van der Waals surface area contributed by atoms with E-state index in [0.29, 0.717) is 12.8 Å². The Kier molecular flexibility index (Phi) is 2.26. The van der Waals surface area contributed by atoms with E-state index in [2.05, 4.69) is 5.10 Å². The van der Waals surface area contributed by atoms with Crippen molar-refractivity contribution in [2.24, 2.45) is 5.73 Å². The van der Waals surface area contributed by atoms with Crippen LogP contribution in [0.5, 0.6) is 0 Å². The first-order valence-electron chi connectivity index (χ1n) is 4.76. The van der Waals surface area contributed by atoms with Gasteiger partial charge >= 0.3 is 6.18 Å². The Hall–Kier alpha value is -1.04. The van der Waals surface area contributed by atoms with Gasteiger partial charge in [-0.15, -0.1) is 0 Å². The molecule has 1 saturated carbocycles. The van der Waals surface area contributed by atoms with Crippen LogP contribution >= 0.6 is 0 Å². The minimum Gasteiger partial charge on any atom is -0.328 e. The summed E-state index contributed by atoms with van der Waals surface area (Å²) >= 11 is 0. The van der Waals surface area contributed by atoms with Gasteiger partial charge in [-0.1, -0.05) is 0 Å². The van der Waals surface area contributed by atoms with Gasteiger partial charge in [0, 0.05) is 12.2 Å². The van der Waals surface area contributed by atoms with E-state index in [-0.39, 0.29) is 17.8 Å². The fraction of sp³-hybridized carbons (Fsp3) is 0.667. The molecule has 1 heterocycles. The first-order chi connectivity index (χ1) is 6.88. The average molecular weight is 219 g/mol. The molecule has 1 aliphatic carbocycles. The van der Waals surface area contributed by atoms with Crippen LogP contribution in [-0.4, -0.2) is 15.8 Å². The van der Waals surface area contributed by atoms with E-state index in [9.17, 15) is 13.2 Å². The number of nitrogens with zero attached hydrogens (tertiary/aromatic N) is 2. The predicted molar refractivity (Wildman–Crippen MR) is 48.2 cm³/mol. The van der Waals surface area contributed by atoms with E-state index in [4.69, 9.17) is 5.73 Å². The van der Waals surface area contributed by atoms with E-state index in [1.54, 1.807) is 0 Å². The number of halogens is 3. The Morgan fingerprint density at radius 3 is 2.47 bits per heavy atom. The highest BCUT2D eigenvalue weighted by molar-refractivity contribution is 5.19. The van der Waals surface area contributed by atoms with Crippen molar-refractivity contribution >= 4 is 0 Å². The molecule has 0 bridgehead atoms. The maximum Gasteiger partial charge on any atom is 0.419 e. The van der Waals surface area contributed by atoms with E-state index >= 15 is 0 Å². The second kappa shape index (κ2) is 3.23. The van der Waals surface area contributed by atoms with Crippen molar-refractivity contribution in [2.75, 3.05) is 0 Å². The van der Waals surface area contributed by atoms with Crippen molar-refractivity contribution in [2.45, 2.75) is 38.0 Å². The van der Waals surface area contributed by atoms with Gasteiger partial charge in [-0.2, -0.15) is 18.3 Å². The lowest BCUT2D eigenvalue weighted by Crippen LogP contribution is -2.37. The maximum absolute atomic E-state index is 12.4. The molecule has 1 aromatic heterocycles. The van der Waals surface area contributed by atoms with Gasteiger partial charge in [-0.3, -0.25) is 4.68 Å². The summed E-state index contributed by atoms with van der Waals surface area (Å²) in [6, 6.07) is 0.142. The zero-order valence-corrected chi connectivity index (χ0v) is 8.25. The summed E-state index contributed by atoms with van der Waals surface area (Å²) in [7, 11) is 0. The highest BCUT2D eigenvalue weighted by atomic mass is 19.4. The molecule has 0 spiro atoms. The van der Waals surface area contributed by atoms with Crippen molar-refractivity contribution in [1.82, 2.24) is 9.78 Å². The minimum absolute atomic E-state index is 0.0305. The number of aryl methyl sites for hydroxylation is 1. The largest absolute Gasteiger partial charge is 0.419 e. The first-order valence-corrected chi connectivity index (χ1v) is 4.76. The summed E-state index contributed by atoms with van der Waals surface area (Å²) < 4.78 is 38.7. The molecular weight excluding hydrogens is 207 g/mol. The van der Waals surface area contributed by atoms with Crippen molar-refractivity contribution in [3.8, 4) is 0 Å². The van der Waals surface area contributed by atoms with Crippen LogP contribution in [0.4, 0.5) is 13.2 Å². The average Bonchev–Trinajstić information content (AvgIpc) is 2.40. The Bertz CT molecular complexity index is 363. The fourth-order valence-corrected chi connectivity index (χ4v) is 1.79.